The van der Waals surface area contributed by atoms with Crippen molar-refractivity contribution in [1.82, 2.24) is 4.90 Å². The lowest BCUT2D eigenvalue weighted by molar-refractivity contribution is 0.206. The molecular formula is C14H22ClN3. The largest absolute Gasteiger partial charge is 0.398 e. The third kappa shape index (κ3) is 2.90. The van der Waals surface area contributed by atoms with Crippen molar-refractivity contribution in [2.24, 2.45) is 5.92 Å². The lowest BCUT2D eigenvalue weighted by Gasteiger charge is -2.36. The Labute approximate surface area is 114 Å². The molecule has 18 heavy (non-hydrogen) atoms. The van der Waals surface area contributed by atoms with E-state index in [0.717, 1.165) is 24.3 Å². The molecule has 0 radical (unpaired) electrons. The van der Waals surface area contributed by atoms with Gasteiger partial charge in [-0.25, -0.2) is 0 Å². The summed E-state index contributed by atoms with van der Waals surface area (Å²) in [4.78, 5) is 2.38. The molecule has 1 aromatic rings. The fraction of sp³-hybridized carbons (Fsp3) is 0.571. The SMILES string of the molecule is Cc1cc(N)c(Cl)cc1NC1CCN(C)CC1C. The molecule has 3 nitrogen and oxygen atoms in total. The van der Waals surface area contributed by atoms with Crippen molar-refractivity contribution in [2.45, 2.75) is 26.3 Å². The zero-order valence-corrected chi connectivity index (χ0v) is 12.1. The molecule has 1 heterocycles. The average molecular weight is 268 g/mol. The quantitative estimate of drug-likeness (QED) is 0.810. The Morgan fingerprint density at radius 2 is 2.17 bits per heavy atom. The van der Waals surface area contributed by atoms with Crippen molar-refractivity contribution < 1.29 is 0 Å². The molecule has 100 valence electrons. The first-order valence-electron chi connectivity index (χ1n) is 6.48. The number of halogens is 1. The molecule has 1 fully saturated rings. The zero-order valence-electron chi connectivity index (χ0n) is 11.3. The van der Waals surface area contributed by atoms with Crippen molar-refractivity contribution in [3.63, 3.8) is 0 Å². The fourth-order valence-electron chi connectivity index (χ4n) is 2.63. The normalized spacial score (nSPS) is 25.1. The number of nitrogens with one attached hydrogen (secondary N) is 1. The van der Waals surface area contributed by atoms with Gasteiger partial charge in [0.1, 0.15) is 0 Å². The van der Waals surface area contributed by atoms with Crippen LogP contribution in [0.4, 0.5) is 11.4 Å². The van der Waals surface area contributed by atoms with Gasteiger partial charge in [-0.3, -0.25) is 0 Å². The molecule has 4 heteroatoms. The highest BCUT2D eigenvalue weighted by Crippen LogP contribution is 2.29. The van der Waals surface area contributed by atoms with Crippen molar-refractivity contribution >= 4 is 23.0 Å². The topological polar surface area (TPSA) is 41.3 Å². The summed E-state index contributed by atoms with van der Waals surface area (Å²) in [6, 6.07) is 4.39. The Kier molecular flexibility index (Phi) is 4.03. The number of rotatable bonds is 2. The Morgan fingerprint density at radius 1 is 1.44 bits per heavy atom. The van der Waals surface area contributed by atoms with Gasteiger partial charge >= 0.3 is 0 Å². The Balaban J connectivity index is 2.12. The number of anilines is 2. The molecule has 0 aromatic heterocycles. The molecule has 0 aliphatic carbocycles. The predicted molar refractivity (Wildman–Crippen MR) is 79.3 cm³/mol. The van der Waals surface area contributed by atoms with Crippen LogP contribution in [-0.4, -0.2) is 31.1 Å². The molecule has 2 unspecified atom stereocenters. The van der Waals surface area contributed by atoms with Crippen molar-refractivity contribution in [1.29, 1.82) is 0 Å². The smallest absolute Gasteiger partial charge is 0.0656 e. The van der Waals surface area contributed by atoms with Crippen molar-refractivity contribution in [3.8, 4) is 0 Å². The zero-order chi connectivity index (χ0) is 13.3. The van der Waals surface area contributed by atoms with E-state index in [2.05, 4.69) is 31.1 Å². The van der Waals surface area contributed by atoms with E-state index in [1.807, 2.05) is 12.1 Å². The molecule has 0 saturated carbocycles. The lowest BCUT2D eigenvalue weighted by Crippen LogP contribution is -2.43. The van der Waals surface area contributed by atoms with Gasteiger partial charge < -0.3 is 16.0 Å². The number of piperidine rings is 1. The van der Waals surface area contributed by atoms with Crippen LogP contribution >= 0.6 is 11.6 Å². The van der Waals surface area contributed by atoms with E-state index in [0.29, 0.717) is 22.7 Å². The monoisotopic (exact) mass is 267 g/mol. The van der Waals surface area contributed by atoms with Gasteiger partial charge in [0.05, 0.1) is 10.7 Å². The fourth-order valence-corrected chi connectivity index (χ4v) is 2.79. The minimum atomic E-state index is 0.514. The maximum absolute atomic E-state index is 6.09. The summed E-state index contributed by atoms with van der Waals surface area (Å²) in [6.07, 6.45) is 1.17. The highest BCUT2D eigenvalue weighted by molar-refractivity contribution is 6.33. The van der Waals surface area contributed by atoms with E-state index in [-0.39, 0.29) is 0 Å². The molecule has 0 bridgehead atoms. The number of hydrogen-bond acceptors (Lipinski definition) is 3. The van der Waals surface area contributed by atoms with Crippen LogP contribution in [0.5, 0.6) is 0 Å². The Morgan fingerprint density at radius 3 is 2.83 bits per heavy atom. The van der Waals surface area contributed by atoms with Gasteiger partial charge in [0.25, 0.3) is 0 Å². The van der Waals surface area contributed by atoms with Crippen molar-refractivity contribution in [2.75, 3.05) is 31.2 Å². The van der Waals surface area contributed by atoms with Crippen LogP contribution in [0.1, 0.15) is 18.9 Å². The van der Waals surface area contributed by atoms with E-state index in [1.165, 1.54) is 6.42 Å². The van der Waals surface area contributed by atoms with Gasteiger partial charge in [0, 0.05) is 18.3 Å². The van der Waals surface area contributed by atoms with Crippen LogP contribution in [0.3, 0.4) is 0 Å². The standard InChI is InChI=1S/C14H22ClN3/c1-9-6-12(16)11(15)7-14(9)17-13-4-5-18(3)8-10(13)2/h6-7,10,13,17H,4-5,8,16H2,1-3H3. The minimum absolute atomic E-state index is 0.514. The molecule has 2 rings (SSSR count). The first-order valence-corrected chi connectivity index (χ1v) is 6.86. The van der Waals surface area contributed by atoms with E-state index in [9.17, 15) is 0 Å². The third-order valence-corrected chi connectivity index (χ3v) is 4.12. The summed E-state index contributed by atoms with van der Waals surface area (Å²) < 4.78 is 0. The predicted octanol–water partition coefficient (Wildman–Crippen LogP) is 2.98. The number of nitrogen functional groups attached to an aromatic ring is 1. The number of aryl methyl sites for hydroxylation is 1. The van der Waals surface area contributed by atoms with E-state index >= 15 is 0 Å². The van der Waals surface area contributed by atoms with E-state index in [1.54, 1.807) is 0 Å². The van der Waals surface area contributed by atoms with Gasteiger partial charge in [0.15, 0.2) is 0 Å². The van der Waals surface area contributed by atoms with Crippen LogP contribution in [-0.2, 0) is 0 Å². The van der Waals surface area contributed by atoms with Crippen LogP contribution < -0.4 is 11.1 Å². The first kappa shape index (κ1) is 13.5. The van der Waals surface area contributed by atoms with Crippen LogP contribution in [0, 0.1) is 12.8 Å². The summed E-state index contributed by atoms with van der Waals surface area (Å²) in [6.45, 7) is 6.64. The van der Waals surface area contributed by atoms with Gasteiger partial charge in [0.2, 0.25) is 0 Å². The van der Waals surface area contributed by atoms with Gasteiger partial charge in [-0.15, -0.1) is 0 Å². The van der Waals surface area contributed by atoms with Crippen LogP contribution in [0.15, 0.2) is 12.1 Å². The molecule has 1 aromatic carbocycles. The minimum Gasteiger partial charge on any atom is -0.398 e. The number of nitrogens with zero attached hydrogens (tertiary/aromatic N) is 1. The average Bonchev–Trinajstić information content (AvgIpc) is 2.29. The Hall–Kier alpha value is -0.930. The summed E-state index contributed by atoms with van der Waals surface area (Å²) in [7, 11) is 2.18. The lowest BCUT2D eigenvalue weighted by atomic mass is 9.93. The highest BCUT2D eigenvalue weighted by atomic mass is 35.5. The number of nitrogens with two attached hydrogens (primary N) is 1. The second-order valence-electron chi connectivity index (χ2n) is 5.47. The second kappa shape index (κ2) is 5.37. The number of likely N-dealkylation sites (tertiary alicyclic amines) is 1. The summed E-state index contributed by atoms with van der Waals surface area (Å²) >= 11 is 6.09. The molecule has 3 N–H and O–H groups in total. The molecular weight excluding hydrogens is 246 g/mol. The summed E-state index contributed by atoms with van der Waals surface area (Å²) in [5, 5.41) is 4.25. The van der Waals surface area contributed by atoms with E-state index < -0.39 is 0 Å². The molecule has 2 atom stereocenters. The first-order chi connectivity index (χ1) is 8.47. The maximum atomic E-state index is 6.09. The second-order valence-corrected chi connectivity index (χ2v) is 5.87. The number of benzene rings is 1. The number of hydrogen-bond donors (Lipinski definition) is 2. The summed E-state index contributed by atoms with van der Waals surface area (Å²) in [5.74, 6) is 0.638. The molecule has 0 spiro atoms. The molecule has 1 aliphatic rings. The van der Waals surface area contributed by atoms with Crippen LogP contribution in [0.25, 0.3) is 0 Å². The Bertz CT molecular complexity index is 433. The van der Waals surface area contributed by atoms with Gasteiger partial charge in [-0.2, -0.15) is 0 Å². The molecule has 1 saturated heterocycles. The highest BCUT2D eigenvalue weighted by Gasteiger charge is 2.24. The third-order valence-electron chi connectivity index (χ3n) is 3.79. The van der Waals surface area contributed by atoms with E-state index in [4.69, 9.17) is 17.3 Å². The maximum Gasteiger partial charge on any atom is 0.0656 e. The van der Waals surface area contributed by atoms with Gasteiger partial charge in [-0.1, -0.05) is 18.5 Å². The molecule has 0 amide bonds. The van der Waals surface area contributed by atoms with Crippen molar-refractivity contribution in [3.05, 3.63) is 22.7 Å². The van der Waals surface area contributed by atoms with Gasteiger partial charge in [-0.05, 0) is 50.6 Å². The van der Waals surface area contributed by atoms with Crippen LogP contribution in [0.2, 0.25) is 5.02 Å². The molecule has 1 aliphatic heterocycles. The summed E-state index contributed by atoms with van der Waals surface area (Å²) in [5.41, 5.74) is 8.71.